The number of nitrogens with zero attached hydrogens (tertiary/aromatic N) is 1. The lowest BCUT2D eigenvalue weighted by molar-refractivity contribution is -0.170. The van der Waals surface area contributed by atoms with Gasteiger partial charge < -0.3 is 0 Å². The second-order valence-electron chi connectivity index (χ2n) is 2.02. The Bertz CT molecular complexity index is 85.7. The molecule has 0 unspecified atom stereocenters. The zero-order valence-corrected chi connectivity index (χ0v) is 6.67. The summed E-state index contributed by atoms with van der Waals surface area (Å²) in [4.78, 5) is 15.2. The summed E-state index contributed by atoms with van der Waals surface area (Å²) in [6, 6.07) is 0. The van der Waals surface area contributed by atoms with E-state index in [2.05, 4.69) is 6.92 Å². The van der Waals surface area contributed by atoms with E-state index in [0.717, 1.165) is 19.3 Å². The predicted octanol–water partition coefficient (Wildman–Crippen LogP) is 1.20. The summed E-state index contributed by atoms with van der Waals surface area (Å²) in [5.41, 5.74) is 0. The lowest BCUT2D eigenvalue weighted by atomic mass is 10.3. The van der Waals surface area contributed by atoms with Crippen LogP contribution in [0.4, 0.5) is 0 Å². The molecule has 0 aliphatic carbocycles. The van der Waals surface area contributed by atoms with E-state index in [9.17, 15) is 4.79 Å². The third-order valence-corrected chi connectivity index (χ3v) is 1.14. The van der Waals surface area contributed by atoms with Gasteiger partial charge in [0.05, 0.1) is 6.61 Å². The van der Waals surface area contributed by atoms with Gasteiger partial charge in [-0.1, -0.05) is 13.3 Å². The van der Waals surface area contributed by atoms with Crippen LogP contribution in [0.2, 0.25) is 0 Å². The Hall–Kier alpha value is -0.570. The van der Waals surface area contributed by atoms with Gasteiger partial charge in [-0.3, -0.25) is 9.63 Å². The maximum Gasteiger partial charge on any atom is 0.233 e. The quantitative estimate of drug-likeness (QED) is 0.415. The van der Waals surface area contributed by atoms with Crippen LogP contribution < -0.4 is 0 Å². The fourth-order valence-corrected chi connectivity index (χ4v) is 0.627. The number of rotatable bonds is 6. The second-order valence-corrected chi connectivity index (χ2v) is 2.02. The summed E-state index contributed by atoms with van der Waals surface area (Å²) >= 11 is 0. The highest BCUT2D eigenvalue weighted by Crippen LogP contribution is 1.91. The van der Waals surface area contributed by atoms with Gasteiger partial charge in [-0.15, -0.1) is 0 Å². The molecule has 0 fully saturated rings. The minimum absolute atomic E-state index is 0.558. The van der Waals surface area contributed by atoms with Gasteiger partial charge in [-0.25, -0.2) is 5.06 Å². The molecule has 10 heavy (non-hydrogen) atoms. The van der Waals surface area contributed by atoms with Gasteiger partial charge in [0.25, 0.3) is 0 Å². The standard InChI is InChI=1S/C7H15NO2/c1-3-5-6-8(7-9)10-4-2/h7H,3-6H2,1-2H3. The molecule has 0 atom stereocenters. The summed E-state index contributed by atoms with van der Waals surface area (Å²) in [7, 11) is 0. The molecule has 0 aliphatic heterocycles. The fraction of sp³-hybridized carbons (Fsp3) is 0.857. The molecule has 0 radical (unpaired) electrons. The summed E-state index contributed by atoms with van der Waals surface area (Å²) in [5.74, 6) is 0. The first-order chi connectivity index (χ1) is 4.85. The maximum atomic E-state index is 10.2. The minimum Gasteiger partial charge on any atom is -0.276 e. The van der Waals surface area contributed by atoms with Gasteiger partial charge in [0.2, 0.25) is 6.41 Å². The van der Waals surface area contributed by atoms with Gasteiger partial charge in [-0.2, -0.15) is 0 Å². The topological polar surface area (TPSA) is 29.5 Å². The zero-order chi connectivity index (χ0) is 7.82. The highest BCUT2D eigenvalue weighted by atomic mass is 16.7. The molecule has 0 rings (SSSR count). The number of unbranched alkanes of at least 4 members (excludes halogenated alkanes) is 1. The zero-order valence-electron chi connectivity index (χ0n) is 6.67. The minimum atomic E-state index is 0.558. The highest BCUT2D eigenvalue weighted by Gasteiger charge is 1.97. The molecule has 0 saturated heterocycles. The number of hydrogen-bond donors (Lipinski definition) is 0. The van der Waals surface area contributed by atoms with Crippen LogP contribution in [-0.4, -0.2) is 24.6 Å². The number of hydrogen-bond acceptors (Lipinski definition) is 2. The van der Waals surface area contributed by atoms with E-state index >= 15 is 0 Å². The van der Waals surface area contributed by atoms with E-state index in [1.54, 1.807) is 0 Å². The Morgan fingerprint density at radius 3 is 2.60 bits per heavy atom. The first-order valence-electron chi connectivity index (χ1n) is 3.70. The molecule has 60 valence electrons. The maximum absolute atomic E-state index is 10.2. The van der Waals surface area contributed by atoms with Gasteiger partial charge in [0.1, 0.15) is 0 Å². The van der Waals surface area contributed by atoms with Crippen LogP contribution in [0, 0.1) is 0 Å². The van der Waals surface area contributed by atoms with E-state index in [-0.39, 0.29) is 0 Å². The number of amides is 1. The molecule has 0 heterocycles. The molecular formula is C7H15NO2. The van der Waals surface area contributed by atoms with E-state index < -0.39 is 0 Å². The van der Waals surface area contributed by atoms with E-state index in [0.29, 0.717) is 13.2 Å². The van der Waals surface area contributed by atoms with Crippen molar-refractivity contribution < 1.29 is 9.63 Å². The Labute approximate surface area is 61.9 Å². The van der Waals surface area contributed by atoms with Crippen molar-refractivity contribution in [1.29, 1.82) is 0 Å². The Morgan fingerprint density at radius 2 is 2.20 bits per heavy atom. The van der Waals surface area contributed by atoms with Crippen molar-refractivity contribution in [3.63, 3.8) is 0 Å². The first kappa shape index (κ1) is 9.43. The van der Waals surface area contributed by atoms with Gasteiger partial charge in [0.15, 0.2) is 0 Å². The van der Waals surface area contributed by atoms with E-state index in [1.165, 1.54) is 5.06 Å². The molecule has 0 aromatic heterocycles. The van der Waals surface area contributed by atoms with Crippen LogP contribution in [0.1, 0.15) is 26.7 Å². The fourth-order valence-electron chi connectivity index (χ4n) is 0.627. The normalized spacial score (nSPS) is 9.40. The molecule has 0 saturated carbocycles. The third-order valence-electron chi connectivity index (χ3n) is 1.14. The summed E-state index contributed by atoms with van der Waals surface area (Å²) in [6.07, 6.45) is 2.80. The Balaban J connectivity index is 3.29. The lowest BCUT2D eigenvalue weighted by Crippen LogP contribution is -2.23. The van der Waals surface area contributed by atoms with Gasteiger partial charge >= 0.3 is 0 Å². The molecule has 0 aliphatic rings. The smallest absolute Gasteiger partial charge is 0.233 e. The molecular weight excluding hydrogens is 130 g/mol. The molecule has 0 bridgehead atoms. The molecule has 0 aromatic carbocycles. The molecule has 3 heteroatoms. The Morgan fingerprint density at radius 1 is 1.50 bits per heavy atom. The molecule has 0 N–H and O–H groups in total. The van der Waals surface area contributed by atoms with Crippen LogP contribution in [0.3, 0.4) is 0 Å². The van der Waals surface area contributed by atoms with E-state index in [1.807, 2.05) is 6.92 Å². The number of carbonyl (C=O) groups is 1. The van der Waals surface area contributed by atoms with Crippen molar-refractivity contribution in [3.05, 3.63) is 0 Å². The summed E-state index contributed by atoms with van der Waals surface area (Å²) < 4.78 is 0. The van der Waals surface area contributed by atoms with Crippen LogP contribution in [-0.2, 0) is 9.63 Å². The first-order valence-corrected chi connectivity index (χ1v) is 3.70. The van der Waals surface area contributed by atoms with Crippen LogP contribution in [0.15, 0.2) is 0 Å². The molecule has 0 spiro atoms. The van der Waals surface area contributed by atoms with Crippen molar-refractivity contribution in [2.75, 3.05) is 13.2 Å². The molecule has 0 aromatic rings. The van der Waals surface area contributed by atoms with Crippen LogP contribution in [0.25, 0.3) is 0 Å². The molecule has 3 nitrogen and oxygen atoms in total. The van der Waals surface area contributed by atoms with Crippen LogP contribution in [0.5, 0.6) is 0 Å². The SMILES string of the molecule is CCCCN(C=O)OCC. The summed E-state index contributed by atoms with van der Waals surface area (Å²) in [5, 5.41) is 1.34. The monoisotopic (exact) mass is 145 g/mol. The van der Waals surface area contributed by atoms with Crippen LogP contribution >= 0.6 is 0 Å². The van der Waals surface area contributed by atoms with Crippen molar-refractivity contribution >= 4 is 6.41 Å². The van der Waals surface area contributed by atoms with Crippen molar-refractivity contribution in [2.24, 2.45) is 0 Å². The second kappa shape index (κ2) is 6.55. The van der Waals surface area contributed by atoms with Crippen molar-refractivity contribution in [1.82, 2.24) is 5.06 Å². The molecule has 1 amide bonds. The van der Waals surface area contributed by atoms with Gasteiger partial charge in [0, 0.05) is 6.54 Å². The van der Waals surface area contributed by atoms with Crippen molar-refractivity contribution in [3.8, 4) is 0 Å². The van der Waals surface area contributed by atoms with E-state index in [4.69, 9.17) is 4.84 Å². The number of hydroxylamine groups is 2. The summed E-state index contributed by atoms with van der Waals surface area (Å²) in [6.45, 7) is 5.20. The lowest BCUT2D eigenvalue weighted by Gasteiger charge is -2.14. The third kappa shape index (κ3) is 4.32. The number of carbonyl (C=O) groups excluding carboxylic acids is 1. The predicted molar refractivity (Wildman–Crippen MR) is 39.3 cm³/mol. The average Bonchev–Trinajstić information content (AvgIpc) is 1.98. The average molecular weight is 145 g/mol. The van der Waals surface area contributed by atoms with Crippen molar-refractivity contribution in [2.45, 2.75) is 26.7 Å². The highest BCUT2D eigenvalue weighted by molar-refractivity contribution is 5.44. The van der Waals surface area contributed by atoms with Gasteiger partial charge in [-0.05, 0) is 13.3 Å². The Kier molecular flexibility index (Phi) is 6.18. The largest absolute Gasteiger partial charge is 0.276 e.